The molecule has 102 valence electrons. The molecule has 0 spiro atoms. The first kappa shape index (κ1) is 13.2. The molecule has 5 N–H and O–H groups in total. The molecule has 0 radical (unpaired) electrons. The summed E-state index contributed by atoms with van der Waals surface area (Å²) in [6, 6.07) is 0. The van der Waals surface area contributed by atoms with Gasteiger partial charge in [0.25, 0.3) is 0 Å². The maximum absolute atomic E-state index is 6.35. The number of rotatable bonds is 2. The second kappa shape index (κ2) is 4.46. The fraction of sp³-hybridized carbons (Fsp3) is 0.667. The predicted octanol–water partition coefficient (Wildman–Crippen LogP) is -0.0259. The van der Waals surface area contributed by atoms with Crippen LogP contribution in [0.1, 0.15) is 13.8 Å². The third-order valence-corrected chi connectivity index (χ3v) is 3.35. The summed E-state index contributed by atoms with van der Waals surface area (Å²) in [5.41, 5.74) is 12.0. The Labute approximate surface area is 107 Å². The minimum absolute atomic E-state index is 0.0828. The number of allylic oxidation sites excluding steroid dienone is 2. The molecule has 1 unspecified atom stereocenters. The monoisotopic (exact) mass is 255 g/mol. The van der Waals surface area contributed by atoms with E-state index in [4.69, 9.17) is 25.7 Å². The lowest BCUT2D eigenvalue weighted by Crippen LogP contribution is -2.66. The van der Waals surface area contributed by atoms with Gasteiger partial charge in [0.1, 0.15) is 5.66 Å². The summed E-state index contributed by atoms with van der Waals surface area (Å²) in [6.45, 7) is 4.70. The zero-order chi connectivity index (χ0) is 13.4. The second-order valence-corrected chi connectivity index (χ2v) is 5.07. The van der Waals surface area contributed by atoms with Crippen LogP contribution in [0.2, 0.25) is 0 Å². The molecular formula is C12H21N3O3. The van der Waals surface area contributed by atoms with Crippen molar-refractivity contribution >= 4 is 0 Å². The van der Waals surface area contributed by atoms with Crippen molar-refractivity contribution in [2.45, 2.75) is 25.3 Å². The maximum atomic E-state index is 6.35. The number of nitrogens with two attached hydrogens (primary N) is 2. The zero-order valence-corrected chi connectivity index (χ0v) is 11.0. The molecule has 2 heterocycles. The van der Waals surface area contributed by atoms with Crippen molar-refractivity contribution in [3.05, 3.63) is 23.7 Å². The van der Waals surface area contributed by atoms with Gasteiger partial charge in [0, 0.05) is 11.6 Å². The van der Waals surface area contributed by atoms with E-state index in [-0.39, 0.29) is 5.92 Å². The van der Waals surface area contributed by atoms with Gasteiger partial charge in [0.05, 0.1) is 20.3 Å². The lowest BCUT2D eigenvalue weighted by atomic mass is 9.89. The third-order valence-electron chi connectivity index (χ3n) is 3.35. The van der Waals surface area contributed by atoms with Crippen LogP contribution in [0.25, 0.3) is 0 Å². The molecule has 2 aliphatic rings. The van der Waals surface area contributed by atoms with Crippen LogP contribution < -0.4 is 16.8 Å². The van der Waals surface area contributed by atoms with Crippen molar-refractivity contribution in [1.82, 2.24) is 5.32 Å². The number of methoxy groups -OCH3 is 1. The number of dihydropyridines is 1. The van der Waals surface area contributed by atoms with E-state index in [0.29, 0.717) is 24.8 Å². The van der Waals surface area contributed by atoms with E-state index < -0.39 is 11.4 Å². The first-order chi connectivity index (χ1) is 8.37. The molecule has 2 aliphatic heterocycles. The number of hydrogen-bond donors (Lipinski definition) is 3. The second-order valence-electron chi connectivity index (χ2n) is 5.07. The Hall–Kier alpha value is -1.24. The van der Waals surface area contributed by atoms with Gasteiger partial charge in [0.15, 0.2) is 11.7 Å². The minimum atomic E-state index is -0.906. The van der Waals surface area contributed by atoms with Crippen LogP contribution in [-0.2, 0) is 14.2 Å². The lowest BCUT2D eigenvalue weighted by molar-refractivity contribution is -0.269. The molecule has 0 saturated carbocycles. The van der Waals surface area contributed by atoms with Gasteiger partial charge < -0.3 is 31.0 Å². The maximum Gasteiger partial charge on any atom is 0.188 e. The highest BCUT2D eigenvalue weighted by atomic mass is 16.7. The van der Waals surface area contributed by atoms with E-state index in [1.807, 2.05) is 13.8 Å². The Morgan fingerprint density at radius 1 is 1.33 bits per heavy atom. The summed E-state index contributed by atoms with van der Waals surface area (Å²) in [4.78, 5) is 0. The molecule has 0 aromatic carbocycles. The van der Waals surface area contributed by atoms with E-state index in [0.717, 1.165) is 0 Å². The van der Waals surface area contributed by atoms with E-state index in [1.54, 1.807) is 19.3 Å². The van der Waals surface area contributed by atoms with Crippen molar-refractivity contribution in [3.63, 3.8) is 0 Å². The van der Waals surface area contributed by atoms with Gasteiger partial charge in [-0.05, 0) is 26.0 Å². The molecule has 0 aliphatic carbocycles. The van der Waals surface area contributed by atoms with Crippen molar-refractivity contribution < 1.29 is 14.2 Å². The fourth-order valence-corrected chi connectivity index (χ4v) is 2.03. The zero-order valence-electron chi connectivity index (χ0n) is 11.0. The van der Waals surface area contributed by atoms with E-state index in [2.05, 4.69) is 5.32 Å². The normalized spacial score (nSPS) is 32.2. The van der Waals surface area contributed by atoms with Crippen molar-refractivity contribution in [3.8, 4) is 0 Å². The van der Waals surface area contributed by atoms with Gasteiger partial charge in [-0.3, -0.25) is 0 Å². The molecule has 1 fully saturated rings. The lowest BCUT2D eigenvalue weighted by Gasteiger charge is -2.45. The highest BCUT2D eigenvalue weighted by molar-refractivity contribution is 5.29. The molecule has 0 aromatic heterocycles. The van der Waals surface area contributed by atoms with Gasteiger partial charge in [0.2, 0.25) is 0 Å². The molecular weight excluding hydrogens is 234 g/mol. The largest absolute Gasteiger partial charge is 0.482 e. The van der Waals surface area contributed by atoms with Crippen LogP contribution in [0.3, 0.4) is 0 Å². The predicted molar refractivity (Wildman–Crippen MR) is 66.9 cm³/mol. The summed E-state index contributed by atoms with van der Waals surface area (Å²) in [5, 5.41) is 3.09. The Morgan fingerprint density at radius 3 is 2.50 bits per heavy atom. The Balaban J connectivity index is 2.13. The van der Waals surface area contributed by atoms with Crippen LogP contribution in [0.4, 0.5) is 0 Å². The molecule has 0 amide bonds. The third kappa shape index (κ3) is 2.31. The average molecular weight is 255 g/mol. The Bertz CT molecular complexity index is 382. The topological polar surface area (TPSA) is 91.8 Å². The first-order valence-corrected chi connectivity index (χ1v) is 5.94. The van der Waals surface area contributed by atoms with Crippen molar-refractivity contribution in [2.24, 2.45) is 17.4 Å². The van der Waals surface area contributed by atoms with Gasteiger partial charge in [-0.25, -0.2) is 0 Å². The number of ether oxygens (including phenoxy) is 3. The molecule has 1 saturated heterocycles. The number of hydrogen-bond acceptors (Lipinski definition) is 6. The molecule has 6 nitrogen and oxygen atoms in total. The standard InChI is InChI=1S/C12H21N3O3/c1-11(2)17-6-8(7-18-11)12(14)9(13)4-5-10(15-12)16-3/h4-5,8,15H,6-7,13-14H2,1-3H3. The highest BCUT2D eigenvalue weighted by Crippen LogP contribution is 2.29. The van der Waals surface area contributed by atoms with Crippen molar-refractivity contribution in [2.75, 3.05) is 20.3 Å². The van der Waals surface area contributed by atoms with E-state index in [9.17, 15) is 0 Å². The Kier molecular flexibility index (Phi) is 3.27. The molecule has 0 aromatic rings. The fourth-order valence-electron chi connectivity index (χ4n) is 2.03. The van der Waals surface area contributed by atoms with Crippen LogP contribution in [-0.4, -0.2) is 31.8 Å². The SMILES string of the molecule is COC1=CC=C(N)C(N)(C2COC(C)(C)OC2)N1. The highest BCUT2D eigenvalue weighted by Gasteiger charge is 2.44. The van der Waals surface area contributed by atoms with Crippen molar-refractivity contribution in [1.29, 1.82) is 0 Å². The van der Waals surface area contributed by atoms with Gasteiger partial charge in [-0.1, -0.05) is 0 Å². The Morgan fingerprint density at radius 2 is 1.94 bits per heavy atom. The molecule has 18 heavy (non-hydrogen) atoms. The van der Waals surface area contributed by atoms with Crippen LogP contribution in [0.5, 0.6) is 0 Å². The summed E-state index contributed by atoms with van der Waals surface area (Å²) < 4.78 is 16.4. The number of nitrogens with one attached hydrogen (secondary N) is 1. The van der Waals surface area contributed by atoms with Gasteiger partial charge in [-0.15, -0.1) is 0 Å². The molecule has 6 heteroatoms. The van der Waals surface area contributed by atoms with Crippen LogP contribution in [0.15, 0.2) is 23.7 Å². The summed E-state index contributed by atoms with van der Waals surface area (Å²) in [5.74, 6) is -0.0721. The van der Waals surface area contributed by atoms with Crippen LogP contribution >= 0.6 is 0 Å². The first-order valence-electron chi connectivity index (χ1n) is 5.94. The minimum Gasteiger partial charge on any atom is -0.482 e. The van der Waals surface area contributed by atoms with E-state index in [1.165, 1.54) is 0 Å². The molecule has 2 rings (SSSR count). The summed E-state index contributed by atoms with van der Waals surface area (Å²) in [7, 11) is 1.57. The molecule has 1 atom stereocenters. The summed E-state index contributed by atoms with van der Waals surface area (Å²) in [6.07, 6.45) is 3.49. The van der Waals surface area contributed by atoms with Gasteiger partial charge in [-0.2, -0.15) is 0 Å². The summed E-state index contributed by atoms with van der Waals surface area (Å²) >= 11 is 0. The average Bonchev–Trinajstić information content (AvgIpc) is 2.32. The van der Waals surface area contributed by atoms with E-state index >= 15 is 0 Å². The van der Waals surface area contributed by atoms with Crippen LogP contribution in [0, 0.1) is 5.92 Å². The molecule has 0 bridgehead atoms. The smallest absolute Gasteiger partial charge is 0.188 e. The van der Waals surface area contributed by atoms with Gasteiger partial charge >= 0.3 is 0 Å². The quantitative estimate of drug-likeness (QED) is 0.642.